The third-order valence-corrected chi connectivity index (χ3v) is 4.56. The van der Waals surface area contributed by atoms with Crippen LogP contribution in [0, 0.1) is 11.6 Å². The molecular formula is C18H16Br2F2O4. The second-order valence-electron chi connectivity index (χ2n) is 4.95. The van der Waals surface area contributed by atoms with Crippen LogP contribution in [0.25, 0.3) is 0 Å². The van der Waals surface area contributed by atoms with E-state index in [0.717, 1.165) is 0 Å². The molecule has 0 radical (unpaired) electrons. The number of benzene rings is 2. The molecule has 4 nitrogen and oxygen atoms in total. The van der Waals surface area contributed by atoms with Crippen molar-refractivity contribution in [3.05, 3.63) is 68.1 Å². The Morgan fingerprint density at radius 1 is 0.962 bits per heavy atom. The van der Waals surface area contributed by atoms with Gasteiger partial charge in [-0.25, -0.2) is 8.78 Å². The molecule has 2 aromatic carbocycles. The maximum absolute atomic E-state index is 13.2. The fraction of sp³-hybridized carbons (Fsp3) is 0.222. The van der Waals surface area contributed by atoms with Crippen LogP contribution in [0.1, 0.15) is 18.1 Å². The zero-order valence-corrected chi connectivity index (χ0v) is 16.9. The fourth-order valence-electron chi connectivity index (χ4n) is 1.91. The zero-order chi connectivity index (χ0) is 19.7. The first-order chi connectivity index (χ1) is 12.3. The van der Waals surface area contributed by atoms with E-state index in [1.165, 1.54) is 18.2 Å². The Labute approximate surface area is 166 Å². The summed E-state index contributed by atoms with van der Waals surface area (Å²) in [6.07, 6.45) is -0.339. The van der Waals surface area contributed by atoms with Crippen molar-refractivity contribution in [2.75, 3.05) is 6.61 Å². The zero-order valence-electron chi connectivity index (χ0n) is 13.8. The van der Waals surface area contributed by atoms with Gasteiger partial charge in [0.1, 0.15) is 11.6 Å². The van der Waals surface area contributed by atoms with Crippen molar-refractivity contribution in [3.8, 4) is 0 Å². The maximum Gasteiger partial charge on any atom is 0.310 e. The number of halogens is 4. The van der Waals surface area contributed by atoms with Gasteiger partial charge in [0.2, 0.25) is 0 Å². The van der Waals surface area contributed by atoms with E-state index < -0.39 is 23.6 Å². The summed E-state index contributed by atoms with van der Waals surface area (Å²) < 4.78 is 31.9. The highest BCUT2D eigenvalue weighted by Crippen LogP contribution is 2.21. The molecule has 0 heterocycles. The lowest BCUT2D eigenvalue weighted by Crippen LogP contribution is -2.09. The summed E-state index contributed by atoms with van der Waals surface area (Å²) in [7, 11) is 0. The summed E-state index contributed by atoms with van der Waals surface area (Å²) in [6, 6.07) is 8.96. The number of ether oxygens (including phenoxy) is 1. The molecule has 0 aliphatic rings. The SMILES string of the molecule is CCOC(=O)Cc1c(F)cccc1Br.O=C(O)Cc1c(F)cccc1Br. The first kappa shape index (κ1) is 22.2. The molecule has 2 rings (SSSR count). The summed E-state index contributed by atoms with van der Waals surface area (Å²) in [6.45, 7) is 2.03. The molecule has 0 atom stereocenters. The topological polar surface area (TPSA) is 63.6 Å². The normalized spacial score (nSPS) is 9.88. The molecule has 140 valence electrons. The van der Waals surface area contributed by atoms with Gasteiger partial charge in [0, 0.05) is 20.1 Å². The summed E-state index contributed by atoms with van der Waals surface area (Å²) in [5.41, 5.74) is 0.524. The van der Waals surface area contributed by atoms with Gasteiger partial charge in [-0.2, -0.15) is 0 Å². The van der Waals surface area contributed by atoms with E-state index in [1.54, 1.807) is 25.1 Å². The van der Waals surface area contributed by atoms with E-state index in [4.69, 9.17) is 9.84 Å². The van der Waals surface area contributed by atoms with Crippen molar-refractivity contribution < 1.29 is 28.2 Å². The number of aliphatic carboxylic acids is 1. The van der Waals surface area contributed by atoms with Crippen molar-refractivity contribution in [1.29, 1.82) is 0 Å². The second-order valence-corrected chi connectivity index (χ2v) is 6.66. The largest absolute Gasteiger partial charge is 0.481 e. The Hall–Kier alpha value is -1.80. The van der Waals surface area contributed by atoms with E-state index in [-0.39, 0.29) is 18.4 Å². The Morgan fingerprint density at radius 3 is 1.81 bits per heavy atom. The van der Waals surface area contributed by atoms with Crippen molar-refractivity contribution >= 4 is 43.8 Å². The number of hydrogen-bond donors (Lipinski definition) is 1. The first-order valence-corrected chi connectivity index (χ1v) is 9.08. The molecule has 0 unspecified atom stereocenters. The standard InChI is InChI=1S/C10H10BrFO2.C8H6BrFO2/c1-2-14-10(13)6-7-8(11)4-3-5-9(7)12;9-6-2-1-3-7(10)5(6)4-8(11)12/h3-5H,2,6H2,1H3;1-3H,4H2,(H,11,12). The van der Waals surface area contributed by atoms with Crippen molar-refractivity contribution in [2.45, 2.75) is 19.8 Å². The van der Waals surface area contributed by atoms with Crippen LogP contribution in [0.3, 0.4) is 0 Å². The number of carboxylic acid groups (broad SMARTS) is 1. The van der Waals surface area contributed by atoms with Gasteiger partial charge in [-0.15, -0.1) is 0 Å². The van der Waals surface area contributed by atoms with Gasteiger partial charge in [-0.3, -0.25) is 9.59 Å². The number of rotatable bonds is 5. The van der Waals surface area contributed by atoms with E-state index in [2.05, 4.69) is 31.9 Å². The van der Waals surface area contributed by atoms with E-state index in [1.807, 2.05) is 0 Å². The molecule has 8 heteroatoms. The lowest BCUT2D eigenvalue weighted by Gasteiger charge is -2.05. The minimum Gasteiger partial charge on any atom is -0.481 e. The molecule has 0 fully saturated rings. The maximum atomic E-state index is 13.2. The van der Waals surface area contributed by atoms with E-state index in [9.17, 15) is 18.4 Å². The predicted octanol–water partition coefficient (Wildman–Crippen LogP) is 4.91. The Balaban J connectivity index is 0.000000263. The number of carboxylic acids is 1. The molecule has 0 aromatic heterocycles. The van der Waals surface area contributed by atoms with Crippen LogP contribution in [-0.2, 0) is 27.2 Å². The first-order valence-electron chi connectivity index (χ1n) is 7.49. The highest BCUT2D eigenvalue weighted by Gasteiger charge is 2.12. The van der Waals surface area contributed by atoms with Crippen molar-refractivity contribution in [1.82, 2.24) is 0 Å². The average Bonchev–Trinajstić information content (AvgIpc) is 2.55. The van der Waals surface area contributed by atoms with Crippen LogP contribution < -0.4 is 0 Å². The molecule has 0 saturated carbocycles. The van der Waals surface area contributed by atoms with Gasteiger partial charge in [0.25, 0.3) is 0 Å². The highest BCUT2D eigenvalue weighted by molar-refractivity contribution is 9.10. The third kappa shape index (κ3) is 7.21. The predicted molar refractivity (Wildman–Crippen MR) is 99.9 cm³/mol. The monoisotopic (exact) mass is 492 g/mol. The molecule has 1 N–H and O–H groups in total. The molecule has 0 amide bonds. The van der Waals surface area contributed by atoms with Crippen LogP contribution in [0.2, 0.25) is 0 Å². The molecule has 0 aliphatic carbocycles. The number of carbonyl (C=O) groups is 2. The summed E-state index contributed by atoms with van der Waals surface area (Å²) in [5, 5.41) is 8.43. The summed E-state index contributed by atoms with van der Waals surface area (Å²) >= 11 is 6.25. The van der Waals surface area contributed by atoms with Crippen LogP contribution >= 0.6 is 31.9 Å². The highest BCUT2D eigenvalue weighted by atomic mass is 79.9. The Bertz CT molecular complexity index is 741. The molecular weight excluding hydrogens is 478 g/mol. The van der Waals surface area contributed by atoms with Gasteiger partial charge in [-0.05, 0) is 31.2 Å². The van der Waals surface area contributed by atoms with Crippen molar-refractivity contribution in [2.24, 2.45) is 0 Å². The Morgan fingerprint density at radius 2 is 1.42 bits per heavy atom. The quantitative estimate of drug-likeness (QED) is 0.601. The van der Waals surface area contributed by atoms with Gasteiger partial charge in [0.05, 0.1) is 19.4 Å². The molecule has 0 aliphatic heterocycles. The van der Waals surface area contributed by atoms with E-state index in [0.29, 0.717) is 21.1 Å². The van der Waals surface area contributed by atoms with Gasteiger partial charge in [-0.1, -0.05) is 44.0 Å². The van der Waals surface area contributed by atoms with Gasteiger partial charge < -0.3 is 9.84 Å². The van der Waals surface area contributed by atoms with E-state index >= 15 is 0 Å². The average molecular weight is 494 g/mol. The molecule has 0 saturated heterocycles. The lowest BCUT2D eigenvalue weighted by molar-refractivity contribution is -0.142. The fourth-order valence-corrected chi connectivity index (χ4v) is 2.87. The number of carbonyl (C=O) groups excluding carboxylic acids is 1. The molecule has 0 bridgehead atoms. The van der Waals surface area contributed by atoms with Gasteiger partial charge in [0.15, 0.2) is 0 Å². The second kappa shape index (κ2) is 11.0. The summed E-state index contributed by atoms with van der Waals surface area (Å²) in [4.78, 5) is 21.4. The lowest BCUT2D eigenvalue weighted by atomic mass is 10.1. The molecule has 0 spiro atoms. The van der Waals surface area contributed by atoms with Crippen LogP contribution in [0.5, 0.6) is 0 Å². The van der Waals surface area contributed by atoms with Crippen LogP contribution in [0.15, 0.2) is 45.3 Å². The molecule has 26 heavy (non-hydrogen) atoms. The minimum atomic E-state index is -1.04. The summed E-state index contributed by atoms with van der Waals surface area (Å²) in [5.74, 6) is -2.35. The van der Waals surface area contributed by atoms with Gasteiger partial charge >= 0.3 is 11.9 Å². The Kier molecular flexibility index (Phi) is 9.43. The molecule has 2 aromatic rings. The van der Waals surface area contributed by atoms with Crippen LogP contribution in [-0.4, -0.2) is 23.7 Å². The minimum absolute atomic E-state index is 0.0406. The number of hydrogen-bond acceptors (Lipinski definition) is 3. The smallest absolute Gasteiger partial charge is 0.310 e. The third-order valence-electron chi connectivity index (χ3n) is 3.08. The number of esters is 1. The van der Waals surface area contributed by atoms with Crippen LogP contribution in [0.4, 0.5) is 8.78 Å². The van der Waals surface area contributed by atoms with Crippen molar-refractivity contribution in [3.63, 3.8) is 0 Å².